The second-order valence-corrected chi connectivity index (χ2v) is 11.0. The first kappa shape index (κ1) is 29.9. The van der Waals surface area contributed by atoms with Crippen LogP contribution < -0.4 is 5.32 Å². The summed E-state index contributed by atoms with van der Waals surface area (Å²) in [7, 11) is 2.19. The number of rotatable bonds is 7. The van der Waals surface area contributed by atoms with Crippen molar-refractivity contribution in [1.82, 2.24) is 10.2 Å². The zero-order valence-corrected chi connectivity index (χ0v) is 23.3. The number of hydrogen-bond donors (Lipinski definition) is 1. The molecule has 2 aromatic rings. The summed E-state index contributed by atoms with van der Waals surface area (Å²) in [4.78, 5) is 34.9. The Hall–Kier alpha value is -3.29. The van der Waals surface area contributed by atoms with Gasteiger partial charge in [0.2, 0.25) is 11.8 Å². The molecule has 37 heavy (non-hydrogen) atoms. The number of aldehydes is 1. The average Bonchev–Trinajstić information content (AvgIpc) is 3.62. The predicted octanol–water partition coefficient (Wildman–Crippen LogP) is 4.94. The summed E-state index contributed by atoms with van der Waals surface area (Å²) in [5, 5.41) is 11.6. The van der Waals surface area contributed by atoms with E-state index in [0.29, 0.717) is 34.5 Å². The SMILES string of the molecule is C=CPC1(C(=O)NC)Cc2ccc(C)cc2C1.CC=O.CCN(Cc1ccccc1)C(=O)C1(C#N)CC1. The Bertz CT molecular complexity index is 1140. The number of carbonyl (C=O) groups excluding carboxylic acids is 3. The van der Waals surface area contributed by atoms with E-state index < -0.39 is 5.41 Å². The maximum Gasteiger partial charge on any atom is 0.243 e. The van der Waals surface area contributed by atoms with Crippen molar-refractivity contribution in [1.29, 1.82) is 5.26 Å². The first-order valence-corrected chi connectivity index (χ1v) is 13.7. The topological polar surface area (TPSA) is 90.3 Å². The molecule has 0 saturated heterocycles. The van der Waals surface area contributed by atoms with Gasteiger partial charge in [-0.25, -0.2) is 0 Å². The van der Waals surface area contributed by atoms with Crippen molar-refractivity contribution < 1.29 is 14.4 Å². The molecule has 1 fully saturated rings. The Morgan fingerprint density at radius 2 is 1.78 bits per heavy atom. The van der Waals surface area contributed by atoms with Gasteiger partial charge in [0.25, 0.3) is 0 Å². The van der Waals surface area contributed by atoms with Crippen LogP contribution in [0.25, 0.3) is 0 Å². The fourth-order valence-electron chi connectivity index (χ4n) is 4.50. The molecule has 196 valence electrons. The van der Waals surface area contributed by atoms with Gasteiger partial charge in [0.1, 0.15) is 11.7 Å². The van der Waals surface area contributed by atoms with Gasteiger partial charge in [-0.15, -0.1) is 0 Å². The molecular formula is C30H38N3O3P. The number of nitrogens with one attached hydrogen (secondary N) is 1. The van der Waals surface area contributed by atoms with Crippen LogP contribution >= 0.6 is 8.58 Å². The van der Waals surface area contributed by atoms with Crippen molar-refractivity contribution >= 4 is 26.7 Å². The van der Waals surface area contributed by atoms with Crippen LogP contribution in [0.15, 0.2) is 60.9 Å². The van der Waals surface area contributed by atoms with E-state index in [4.69, 9.17) is 10.1 Å². The lowest BCUT2D eigenvalue weighted by molar-refractivity contribution is -0.135. The summed E-state index contributed by atoms with van der Waals surface area (Å²) in [5.74, 6) is 2.02. The third-order valence-electron chi connectivity index (χ3n) is 6.64. The van der Waals surface area contributed by atoms with Gasteiger partial charge in [-0.2, -0.15) is 5.26 Å². The minimum Gasteiger partial charge on any atom is -0.358 e. The Labute approximate surface area is 222 Å². The van der Waals surface area contributed by atoms with Crippen molar-refractivity contribution in [3.63, 3.8) is 0 Å². The summed E-state index contributed by atoms with van der Waals surface area (Å²) in [6.07, 6.45) is 3.86. The van der Waals surface area contributed by atoms with Crippen molar-refractivity contribution in [3.05, 3.63) is 83.2 Å². The second-order valence-electron chi connectivity index (χ2n) is 9.37. The molecule has 2 unspecified atom stereocenters. The van der Waals surface area contributed by atoms with Gasteiger partial charge in [-0.1, -0.05) is 75.1 Å². The van der Waals surface area contributed by atoms with Gasteiger partial charge in [0.05, 0.1) is 11.2 Å². The maximum atomic E-state index is 12.2. The molecule has 7 heteroatoms. The lowest BCUT2D eigenvalue weighted by Gasteiger charge is -2.25. The summed E-state index contributed by atoms with van der Waals surface area (Å²) >= 11 is 0. The fraction of sp³-hybridized carbons (Fsp3) is 0.400. The standard InChI is InChI=1S/C14H16N2O.C14H18NOP.C2H4O/c1-2-16(10-12-6-4-3-5-7-12)13(17)14(11-15)8-9-14;1-4-17-14(13(16)15-3)8-11-6-5-10(2)7-12(11)9-14;1-2-3/h3-7H,2,8-10H2,1H3;4-7,17H,1,8-9H2,2-3H3,(H,15,16);2H,1H3. The number of hydrogen-bond acceptors (Lipinski definition) is 4. The predicted molar refractivity (Wildman–Crippen MR) is 150 cm³/mol. The van der Waals surface area contributed by atoms with Crippen LogP contribution in [0.5, 0.6) is 0 Å². The van der Waals surface area contributed by atoms with E-state index >= 15 is 0 Å². The van der Waals surface area contributed by atoms with Crippen LogP contribution in [0.4, 0.5) is 0 Å². The maximum absolute atomic E-state index is 12.2. The van der Waals surface area contributed by atoms with Crippen LogP contribution in [0.2, 0.25) is 0 Å². The van der Waals surface area contributed by atoms with Gasteiger partial charge in [-0.05, 0) is 63.1 Å². The van der Waals surface area contributed by atoms with Crippen molar-refractivity contribution in [2.24, 2.45) is 5.41 Å². The van der Waals surface area contributed by atoms with Crippen LogP contribution in [-0.2, 0) is 33.8 Å². The van der Waals surface area contributed by atoms with E-state index in [2.05, 4.69) is 43.1 Å². The third kappa shape index (κ3) is 7.60. The minimum atomic E-state index is -0.704. The third-order valence-corrected chi connectivity index (χ3v) is 7.98. The Balaban J connectivity index is 0.000000235. The highest BCUT2D eigenvalue weighted by molar-refractivity contribution is 7.45. The smallest absolute Gasteiger partial charge is 0.243 e. The molecule has 4 rings (SSSR count). The van der Waals surface area contributed by atoms with Crippen LogP contribution in [0.3, 0.4) is 0 Å². The monoisotopic (exact) mass is 519 g/mol. The minimum absolute atomic E-state index is 0.00801. The molecule has 2 atom stereocenters. The number of fused-ring (bicyclic) bond motifs is 1. The Morgan fingerprint density at radius 3 is 2.30 bits per heavy atom. The highest BCUT2D eigenvalue weighted by Gasteiger charge is 2.52. The van der Waals surface area contributed by atoms with Gasteiger partial charge < -0.3 is 15.0 Å². The summed E-state index contributed by atoms with van der Waals surface area (Å²) in [6.45, 7) is 10.5. The highest BCUT2D eigenvalue weighted by atomic mass is 31.1. The fourth-order valence-corrected chi connectivity index (χ4v) is 5.73. The molecule has 1 saturated carbocycles. The number of aryl methyl sites for hydroxylation is 1. The van der Waals surface area contributed by atoms with Gasteiger partial charge >= 0.3 is 0 Å². The van der Waals surface area contributed by atoms with E-state index in [1.807, 2.05) is 43.1 Å². The van der Waals surface area contributed by atoms with Gasteiger partial charge in [0.15, 0.2) is 0 Å². The molecule has 2 amide bonds. The van der Waals surface area contributed by atoms with Crippen LogP contribution in [-0.4, -0.2) is 41.7 Å². The van der Waals surface area contributed by atoms with Gasteiger partial charge in [-0.3, -0.25) is 9.59 Å². The number of benzene rings is 2. The molecule has 2 aliphatic rings. The molecular weight excluding hydrogens is 481 g/mol. The average molecular weight is 520 g/mol. The molecule has 0 heterocycles. The van der Waals surface area contributed by atoms with Crippen molar-refractivity contribution in [3.8, 4) is 6.07 Å². The molecule has 0 aromatic heterocycles. The van der Waals surface area contributed by atoms with Crippen LogP contribution in [0, 0.1) is 23.7 Å². The molecule has 0 bridgehead atoms. The van der Waals surface area contributed by atoms with E-state index in [1.54, 1.807) is 11.9 Å². The largest absolute Gasteiger partial charge is 0.358 e. The van der Waals surface area contributed by atoms with E-state index in [-0.39, 0.29) is 17.0 Å². The summed E-state index contributed by atoms with van der Waals surface area (Å²) in [6, 6.07) is 18.5. The lowest BCUT2D eigenvalue weighted by Crippen LogP contribution is -2.42. The molecule has 2 aromatic carbocycles. The molecule has 2 aliphatic carbocycles. The molecule has 1 N–H and O–H groups in total. The van der Waals surface area contributed by atoms with Gasteiger partial charge in [0, 0.05) is 20.1 Å². The lowest BCUT2D eigenvalue weighted by atomic mass is 10.0. The number of amides is 2. The number of nitriles is 1. The first-order chi connectivity index (χ1) is 17.7. The molecule has 6 nitrogen and oxygen atoms in total. The first-order valence-electron chi connectivity index (χ1n) is 12.6. The zero-order valence-electron chi connectivity index (χ0n) is 22.3. The zero-order chi connectivity index (χ0) is 27.5. The highest BCUT2D eigenvalue weighted by Crippen LogP contribution is 2.47. The molecule has 0 radical (unpaired) electrons. The Kier molecular flexibility index (Phi) is 11.2. The van der Waals surface area contributed by atoms with Crippen LogP contribution in [0.1, 0.15) is 48.9 Å². The van der Waals surface area contributed by atoms with Crippen molar-refractivity contribution in [2.75, 3.05) is 13.6 Å². The van der Waals surface area contributed by atoms with E-state index in [1.165, 1.54) is 23.6 Å². The summed E-state index contributed by atoms with van der Waals surface area (Å²) in [5.41, 5.74) is 4.30. The number of nitrogens with zero attached hydrogens (tertiary/aromatic N) is 2. The summed E-state index contributed by atoms with van der Waals surface area (Å²) < 4.78 is 0. The van der Waals surface area contributed by atoms with E-state index in [9.17, 15) is 9.59 Å². The second kappa shape index (κ2) is 13.9. The molecule has 0 spiro atoms. The van der Waals surface area contributed by atoms with Crippen molar-refractivity contribution in [2.45, 2.75) is 58.2 Å². The quantitative estimate of drug-likeness (QED) is 0.414. The normalized spacial score (nSPS) is 18.1. The Morgan fingerprint density at radius 1 is 1.16 bits per heavy atom. The van der Waals surface area contributed by atoms with E-state index in [0.717, 1.165) is 24.7 Å². The molecule has 0 aliphatic heterocycles. The number of carbonyl (C=O) groups is 3.